The molecule has 0 saturated carbocycles. The summed E-state index contributed by atoms with van der Waals surface area (Å²) in [5, 5.41) is 4.78. The lowest BCUT2D eigenvalue weighted by Crippen LogP contribution is -2.39. The lowest BCUT2D eigenvalue weighted by atomic mass is 10.3. The van der Waals surface area contributed by atoms with Crippen LogP contribution in [0.15, 0.2) is 24.3 Å². The van der Waals surface area contributed by atoms with Gasteiger partial charge in [0.15, 0.2) is 5.13 Å². The molecule has 0 saturated heterocycles. The van der Waals surface area contributed by atoms with Crippen LogP contribution in [0.1, 0.15) is 30.0 Å². The number of amides is 1. The fourth-order valence-corrected chi connectivity index (χ4v) is 4.04. The van der Waals surface area contributed by atoms with E-state index >= 15 is 0 Å². The van der Waals surface area contributed by atoms with Gasteiger partial charge in [-0.2, -0.15) is 5.10 Å². The Bertz CT molecular complexity index is 947. The third-order valence-electron chi connectivity index (χ3n) is 4.59. The number of anilines is 1. The molecular formula is C19H24FN5OS. The first-order chi connectivity index (χ1) is 12.9. The number of likely N-dealkylation sites (N-methyl/N-ethyl adjacent to an activating group) is 1. The molecule has 1 amide bonds. The molecule has 0 bridgehead atoms. The number of hydrogen-bond acceptors (Lipinski definition) is 5. The van der Waals surface area contributed by atoms with Crippen LogP contribution in [-0.4, -0.2) is 51.8 Å². The molecule has 0 aliphatic heterocycles. The van der Waals surface area contributed by atoms with E-state index in [9.17, 15) is 9.18 Å². The summed E-state index contributed by atoms with van der Waals surface area (Å²) in [4.78, 5) is 21.6. The molecule has 0 atom stereocenters. The number of rotatable bonds is 7. The van der Waals surface area contributed by atoms with Crippen LogP contribution in [-0.2, 0) is 7.05 Å². The maximum atomic E-state index is 14.1. The molecule has 0 aliphatic rings. The average Bonchev–Trinajstić information content (AvgIpc) is 3.22. The smallest absolute Gasteiger partial charge is 0.278 e. The fraction of sp³-hybridized carbons (Fsp3) is 0.421. The van der Waals surface area contributed by atoms with Gasteiger partial charge in [0.05, 0.1) is 10.4 Å². The highest BCUT2D eigenvalue weighted by atomic mass is 32.1. The van der Waals surface area contributed by atoms with Crippen LogP contribution in [0.2, 0.25) is 0 Å². The van der Waals surface area contributed by atoms with Crippen molar-refractivity contribution in [3.63, 3.8) is 0 Å². The predicted molar refractivity (Wildman–Crippen MR) is 107 cm³/mol. The van der Waals surface area contributed by atoms with Gasteiger partial charge in [0.25, 0.3) is 5.91 Å². The number of nitrogens with zero attached hydrogens (tertiary/aromatic N) is 5. The minimum atomic E-state index is -0.373. The first kappa shape index (κ1) is 19.4. The number of para-hydroxylation sites is 1. The van der Waals surface area contributed by atoms with Crippen molar-refractivity contribution in [3.05, 3.63) is 41.5 Å². The summed E-state index contributed by atoms with van der Waals surface area (Å²) >= 11 is 1.33. The lowest BCUT2D eigenvalue weighted by Gasteiger charge is -2.24. The van der Waals surface area contributed by atoms with Crippen LogP contribution < -0.4 is 4.90 Å². The normalized spacial score (nSPS) is 11.5. The zero-order valence-electron chi connectivity index (χ0n) is 16.1. The van der Waals surface area contributed by atoms with Crippen LogP contribution in [0.5, 0.6) is 0 Å². The molecule has 144 valence electrons. The molecule has 0 fully saturated rings. The van der Waals surface area contributed by atoms with Crippen molar-refractivity contribution in [2.75, 3.05) is 31.1 Å². The topological polar surface area (TPSA) is 54.3 Å². The second-order valence-electron chi connectivity index (χ2n) is 6.36. The van der Waals surface area contributed by atoms with E-state index in [0.29, 0.717) is 29.4 Å². The Morgan fingerprint density at radius 2 is 2.00 bits per heavy atom. The first-order valence-electron chi connectivity index (χ1n) is 9.04. The van der Waals surface area contributed by atoms with Crippen molar-refractivity contribution in [3.8, 4) is 0 Å². The molecular weight excluding hydrogens is 365 g/mol. The van der Waals surface area contributed by atoms with Crippen LogP contribution in [0, 0.1) is 12.7 Å². The quantitative estimate of drug-likeness (QED) is 0.621. The van der Waals surface area contributed by atoms with E-state index in [4.69, 9.17) is 0 Å². The molecule has 0 aliphatic carbocycles. The van der Waals surface area contributed by atoms with E-state index in [1.807, 2.05) is 13.0 Å². The molecule has 3 rings (SSSR count). The van der Waals surface area contributed by atoms with Gasteiger partial charge in [0.1, 0.15) is 17.0 Å². The van der Waals surface area contributed by atoms with Gasteiger partial charge in [-0.25, -0.2) is 9.37 Å². The molecule has 0 N–H and O–H groups in total. The summed E-state index contributed by atoms with van der Waals surface area (Å²) in [5.41, 5.74) is 1.57. The molecule has 8 heteroatoms. The minimum absolute atomic E-state index is 0.176. The summed E-state index contributed by atoms with van der Waals surface area (Å²) in [6.45, 7) is 9.03. The standard InChI is InChI=1S/C19H24FN5OS/c1-5-24(6-2)10-11-25(18(26)15-12-13(3)22-23(15)4)19-21-17-14(20)8-7-9-16(17)27-19/h7-9,12H,5-6,10-11H2,1-4H3. The average molecular weight is 390 g/mol. The highest BCUT2D eigenvalue weighted by molar-refractivity contribution is 7.22. The maximum Gasteiger partial charge on any atom is 0.278 e. The van der Waals surface area contributed by atoms with Gasteiger partial charge < -0.3 is 4.90 Å². The number of fused-ring (bicyclic) bond motifs is 1. The van der Waals surface area contributed by atoms with Crippen LogP contribution in [0.3, 0.4) is 0 Å². The molecule has 2 aromatic heterocycles. The molecule has 0 radical (unpaired) electrons. The second kappa shape index (κ2) is 8.14. The van der Waals surface area contributed by atoms with E-state index in [0.717, 1.165) is 23.5 Å². The van der Waals surface area contributed by atoms with Gasteiger partial charge in [0, 0.05) is 20.1 Å². The Kier molecular flexibility index (Phi) is 5.86. The van der Waals surface area contributed by atoms with Crippen molar-refractivity contribution in [2.24, 2.45) is 7.05 Å². The number of aromatic nitrogens is 3. The van der Waals surface area contributed by atoms with E-state index < -0.39 is 0 Å². The monoisotopic (exact) mass is 389 g/mol. The number of benzene rings is 1. The van der Waals surface area contributed by atoms with E-state index in [-0.39, 0.29) is 11.7 Å². The number of carbonyl (C=O) groups is 1. The molecule has 0 unspecified atom stereocenters. The minimum Gasteiger partial charge on any atom is -0.302 e. The van der Waals surface area contributed by atoms with Crippen LogP contribution in [0.4, 0.5) is 9.52 Å². The van der Waals surface area contributed by atoms with Gasteiger partial charge >= 0.3 is 0 Å². The molecule has 2 heterocycles. The van der Waals surface area contributed by atoms with Crippen molar-refractivity contribution < 1.29 is 9.18 Å². The second-order valence-corrected chi connectivity index (χ2v) is 7.37. The number of hydrogen-bond donors (Lipinski definition) is 0. The van der Waals surface area contributed by atoms with Gasteiger partial charge in [-0.1, -0.05) is 31.3 Å². The molecule has 3 aromatic rings. The highest BCUT2D eigenvalue weighted by Crippen LogP contribution is 2.31. The Hall–Kier alpha value is -2.32. The van der Waals surface area contributed by atoms with Crippen molar-refractivity contribution in [1.82, 2.24) is 19.7 Å². The number of halogens is 1. The summed E-state index contributed by atoms with van der Waals surface area (Å²) in [5.74, 6) is -0.549. The third-order valence-corrected chi connectivity index (χ3v) is 5.63. The summed E-state index contributed by atoms with van der Waals surface area (Å²) in [6, 6.07) is 6.63. The Morgan fingerprint density at radius 3 is 2.59 bits per heavy atom. The maximum absolute atomic E-state index is 14.1. The molecule has 6 nitrogen and oxygen atoms in total. The Morgan fingerprint density at radius 1 is 1.26 bits per heavy atom. The zero-order chi connectivity index (χ0) is 19.6. The fourth-order valence-electron chi connectivity index (χ4n) is 3.03. The van der Waals surface area contributed by atoms with Crippen molar-refractivity contribution >= 4 is 32.6 Å². The van der Waals surface area contributed by atoms with Crippen LogP contribution >= 0.6 is 11.3 Å². The van der Waals surface area contributed by atoms with E-state index in [1.54, 1.807) is 28.8 Å². The van der Waals surface area contributed by atoms with Gasteiger partial charge in [-0.3, -0.25) is 14.4 Å². The van der Waals surface area contributed by atoms with Crippen molar-refractivity contribution in [1.29, 1.82) is 0 Å². The number of thiazole rings is 1. The predicted octanol–water partition coefficient (Wildman–Crippen LogP) is 3.47. The first-order valence-corrected chi connectivity index (χ1v) is 9.86. The summed E-state index contributed by atoms with van der Waals surface area (Å²) < 4.78 is 16.4. The van der Waals surface area contributed by atoms with Crippen molar-refractivity contribution in [2.45, 2.75) is 20.8 Å². The molecule has 27 heavy (non-hydrogen) atoms. The summed E-state index contributed by atoms with van der Waals surface area (Å²) in [7, 11) is 1.75. The Labute approximate surface area is 162 Å². The van der Waals surface area contributed by atoms with Gasteiger partial charge in [-0.05, 0) is 38.2 Å². The SMILES string of the molecule is CCN(CC)CCN(C(=O)c1cc(C)nn1C)c1nc2c(F)cccc2s1. The zero-order valence-corrected chi connectivity index (χ0v) is 16.9. The van der Waals surface area contributed by atoms with E-state index in [1.165, 1.54) is 17.4 Å². The number of carbonyl (C=O) groups excluding carboxylic acids is 1. The van der Waals surface area contributed by atoms with E-state index in [2.05, 4.69) is 28.8 Å². The highest BCUT2D eigenvalue weighted by Gasteiger charge is 2.25. The van der Waals surface area contributed by atoms with Gasteiger partial charge in [-0.15, -0.1) is 0 Å². The Balaban J connectivity index is 1.99. The largest absolute Gasteiger partial charge is 0.302 e. The molecule has 1 aromatic carbocycles. The molecule has 0 spiro atoms. The summed E-state index contributed by atoms with van der Waals surface area (Å²) in [6.07, 6.45) is 0. The van der Waals surface area contributed by atoms with Crippen LogP contribution in [0.25, 0.3) is 10.2 Å². The number of aryl methyl sites for hydroxylation is 2. The third kappa shape index (κ3) is 4.01. The van der Waals surface area contributed by atoms with Gasteiger partial charge in [0.2, 0.25) is 0 Å². The lowest BCUT2D eigenvalue weighted by molar-refractivity contribution is 0.0974.